The van der Waals surface area contributed by atoms with Gasteiger partial charge in [-0.1, -0.05) is 85.5 Å². The molecular weight excluding hydrogens is 280 g/mol. The Balaban J connectivity index is 1.81. The molecule has 0 spiro atoms. The van der Waals surface area contributed by atoms with Gasteiger partial charge in [-0.2, -0.15) is 0 Å². The first kappa shape index (κ1) is 15.3. The van der Waals surface area contributed by atoms with E-state index in [4.69, 9.17) is 4.74 Å². The van der Waals surface area contributed by atoms with E-state index in [1.54, 1.807) is 7.11 Å². The van der Waals surface area contributed by atoms with Gasteiger partial charge in [0, 0.05) is 7.11 Å². The summed E-state index contributed by atoms with van der Waals surface area (Å²) in [6.07, 6.45) is 1.86. The first-order valence-electron chi connectivity index (χ1n) is 7.71. The van der Waals surface area contributed by atoms with Crippen LogP contribution in [0.3, 0.4) is 0 Å². The monoisotopic (exact) mass is 300 g/mol. The molecule has 0 atom stereocenters. The van der Waals surface area contributed by atoms with E-state index in [-0.39, 0.29) is 0 Å². The Morgan fingerprint density at radius 2 is 1.09 bits per heavy atom. The predicted octanol–water partition coefficient (Wildman–Crippen LogP) is 5.81. The molecule has 23 heavy (non-hydrogen) atoms. The van der Waals surface area contributed by atoms with Crippen LogP contribution in [0.5, 0.6) is 0 Å². The van der Waals surface area contributed by atoms with E-state index in [1.807, 2.05) is 6.08 Å². The molecule has 0 aromatic heterocycles. The minimum Gasteiger partial charge on any atom is -0.380 e. The molecule has 0 saturated carbocycles. The van der Waals surface area contributed by atoms with Crippen LogP contribution in [0.15, 0.2) is 79.4 Å². The zero-order valence-corrected chi connectivity index (χ0v) is 13.3. The Hall–Kier alpha value is -2.64. The van der Waals surface area contributed by atoms with Gasteiger partial charge in [0.25, 0.3) is 0 Å². The second-order valence-corrected chi connectivity index (χ2v) is 5.53. The summed E-state index contributed by atoms with van der Waals surface area (Å²) in [5.41, 5.74) is 7.22. The lowest BCUT2D eigenvalue weighted by molar-refractivity contribution is 0.185. The minimum atomic E-state index is 0.653. The number of methoxy groups -OCH3 is 1. The highest BCUT2D eigenvalue weighted by atomic mass is 16.5. The van der Waals surface area contributed by atoms with Crippen LogP contribution in [-0.2, 0) is 11.3 Å². The average Bonchev–Trinajstić information content (AvgIpc) is 2.63. The van der Waals surface area contributed by atoms with E-state index in [9.17, 15) is 0 Å². The first-order chi connectivity index (χ1) is 11.3. The fraction of sp³-hybridized carbons (Fsp3) is 0.0909. The van der Waals surface area contributed by atoms with Crippen LogP contribution in [0.4, 0.5) is 0 Å². The highest BCUT2D eigenvalue weighted by Crippen LogP contribution is 2.25. The molecule has 0 bridgehead atoms. The van der Waals surface area contributed by atoms with Gasteiger partial charge in [0.1, 0.15) is 0 Å². The topological polar surface area (TPSA) is 9.23 Å². The van der Waals surface area contributed by atoms with Crippen molar-refractivity contribution in [2.75, 3.05) is 7.11 Å². The summed E-state index contributed by atoms with van der Waals surface area (Å²) >= 11 is 0. The van der Waals surface area contributed by atoms with Crippen molar-refractivity contribution in [2.24, 2.45) is 0 Å². The second kappa shape index (κ2) is 7.08. The molecule has 0 amide bonds. The molecule has 0 fully saturated rings. The lowest BCUT2D eigenvalue weighted by Crippen LogP contribution is -1.87. The van der Waals surface area contributed by atoms with Gasteiger partial charge in [-0.3, -0.25) is 0 Å². The first-order valence-corrected chi connectivity index (χ1v) is 7.71. The van der Waals surface area contributed by atoms with Gasteiger partial charge < -0.3 is 4.74 Å². The summed E-state index contributed by atoms with van der Waals surface area (Å²) in [7, 11) is 1.72. The smallest absolute Gasteiger partial charge is 0.0713 e. The van der Waals surface area contributed by atoms with E-state index < -0.39 is 0 Å². The summed E-state index contributed by atoms with van der Waals surface area (Å²) in [4.78, 5) is 0. The van der Waals surface area contributed by atoms with Crippen LogP contribution in [-0.4, -0.2) is 7.11 Å². The molecule has 0 radical (unpaired) electrons. The van der Waals surface area contributed by atoms with E-state index in [2.05, 4.69) is 79.4 Å². The summed E-state index contributed by atoms with van der Waals surface area (Å²) in [5.74, 6) is 0. The molecule has 0 saturated heterocycles. The van der Waals surface area contributed by atoms with Gasteiger partial charge in [0.2, 0.25) is 0 Å². The normalized spacial score (nSPS) is 10.5. The number of ether oxygens (including phenoxy) is 1. The van der Waals surface area contributed by atoms with Crippen molar-refractivity contribution in [3.63, 3.8) is 0 Å². The molecule has 3 rings (SSSR count). The molecule has 0 aliphatic carbocycles. The molecule has 3 aromatic rings. The van der Waals surface area contributed by atoms with Crippen LogP contribution >= 0.6 is 0 Å². The molecule has 3 aromatic carbocycles. The average molecular weight is 300 g/mol. The molecule has 0 unspecified atom stereocenters. The van der Waals surface area contributed by atoms with Crippen molar-refractivity contribution in [1.29, 1.82) is 0 Å². The fourth-order valence-corrected chi connectivity index (χ4v) is 2.63. The van der Waals surface area contributed by atoms with Crippen molar-refractivity contribution in [2.45, 2.75) is 6.61 Å². The highest BCUT2D eigenvalue weighted by Gasteiger charge is 2.01. The quantitative estimate of drug-likeness (QED) is 0.577. The summed E-state index contributed by atoms with van der Waals surface area (Å²) in [5, 5.41) is 0. The van der Waals surface area contributed by atoms with E-state index >= 15 is 0 Å². The molecule has 0 N–H and O–H groups in total. The summed E-state index contributed by atoms with van der Waals surface area (Å²) in [6.45, 7) is 4.44. The maximum Gasteiger partial charge on any atom is 0.0713 e. The van der Waals surface area contributed by atoms with Crippen molar-refractivity contribution < 1.29 is 4.74 Å². The summed E-state index contributed by atoms with van der Waals surface area (Å²) < 4.78 is 5.15. The SMILES string of the molecule is C=Cc1ccc(-c2ccc(-c3ccc(COC)cc3)cc2)cc1. The second-order valence-electron chi connectivity index (χ2n) is 5.53. The van der Waals surface area contributed by atoms with Crippen molar-refractivity contribution in [1.82, 2.24) is 0 Å². The Morgan fingerprint density at radius 1 is 0.696 bits per heavy atom. The number of hydrogen-bond acceptors (Lipinski definition) is 1. The Morgan fingerprint density at radius 3 is 1.48 bits per heavy atom. The molecule has 0 heterocycles. The van der Waals surface area contributed by atoms with Gasteiger partial charge in [-0.25, -0.2) is 0 Å². The largest absolute Gasteiger partial charge is 0.380 e. The number of rotatable bonds is 5. The van der Waals surface area contributed by atoms with Crippen molar-refractivity contribution >= 4 is 6.08 Å². The van der Waals surface area contributed by atoms with Gasteiger partial charge in [0.05, 0.1) is 6.61 Å². The molecule has 1 nitrogen and oxygen atoms in total. The molecule has 0 aliphatic heterocycles. The maximum absolute atomic E-state index is 5.15. The Kier molecular flexibility index (Phi) is 4.70. The van der Waals surface area contributed by atoms with Crippen molar-refractivity contribution in [3.05, 3.63) is 90.5 Å². The third kappa shape index (κ3) is 3.58. The van der Waals surface area contributed by atoms with Crippen molar-refractivity contribution in [3.8, 4) is 22.3 Å². The zero-order valence-electron chi connectivity index (χ0n) is 13.3. The fourth-order valence-electron chi connectivity index (χ4n) is 2.63. The standard InChI is InChI=1S/C22H20O/c1-3-17-4-8-19(9-5-17)21-12-14-22(15-13-21)20-10-6-18(7-11-20)16-23-2/h3-15H,1,16H2,2H3. The van der Waals surface area contributed by atoms with Crippen LogP contribution in [0.2, 0.25) is 0 Å². The van der Waals surface area contributed by atoms with E-state index in [1.165, 1.54) is 27.8 Å². The van der Waals surface area contributed by atoms with Crippen LogP contribution in [0, 0.1) is 0 Å². The zero-order chi connectivity index (χ0) is 16.1. The lowest BCUT2D eigenvalue weighted by Gasteiger charge is -2.07. The third-order valence-electron chi connectivity index (χ3n) is 3.96. The lowest BCUT2D eigenvalue weighted by atomic mass is 9.99. The molecule has 1 heteroatoms. The van der Waals surface area contributed by atoms with Gasteiger partial charge in [0.15, 0.2) is 0 Å². The number of hydrogen-bond donors (Lipinski definition) is 0. The highest BCUT2D eigenvalue weighted by molar-refractivity contribution is 5.71. The van der Waals surface area contributed by atoms with Crippen LogP contribution in [0.1, 0.15) is 11.1 Å². The minimum absolute atomic E-state index is 0.653. The molecular formula is C22H20O. The van der Waals surface area contributed by atoms with Gasteiger partial charge in [-0.15, -0.1) is 0 Å². The Bertz CT molecular complexity index is 766. The Labute approximate surface area is 137 Å². The van der Waals surface area contributed by atoms with Crippen LogP contribution in [0.25, 0.3) is 28.3 Å². The predicted molar refractivity (Wildman–Crippen MR) is 98.1 cm³/mol. The third-order valence-corrected chi connectivity index (χ3v) is 3.96. The van der Waals surface area contributed by atoms with Gasteiger partial charge >= 0.3 is 0 Å². The summed E-state index contributed by atoms with van der Waals surface area (Å²) in [6, 6.07) is 25.6. The van der Waals surface area contributed by atoms with E-state index in [0.717, 1.165) is 5.56 Å². The van der Waals surface area contributed by atoms with E-state index in [0.29, 0.717) is 6.61 Å². The van der Waals surface area contributed by atoms with Gasteiger partial charge in [-0.05, 0) is 33.4 Å². The molecule has 0 aliphatic rings. The maximum atomic E-state index is 5.15. The van der Waals surface area contributed by atoms with Crippen LogP contribution < -0.4 is 0 Å². The number of benzene rings is 3. The molecule has 114 valence electrons.